The van der Waals surface area contributed by atoms with Crippen LogP contribution in [0.1, 0.15) is 12.0 Å². The number of nitrogens with zero attached hydrogens (tertiary/aromatic N) is 6. The first-order chi connectivity index (χ1) is 13.4. The van der Waals surface area contributed by atoms with Crippen LogP contribution in [-0.4, -0.2) is 56.9 Å². The maximum atomic E-state index is 12.8. The molecule has 28 heavy (non-hydrogen) atoms. The van der Waals surface area contributed by atoms with Crippen LogP contribution in [0.3, 0.4) is 0 Å². The van der Waals surface area contributed by atoms with Crippen molar-refractivity contribution in [1.29, 1.82) is 0 Å². The van der Waals surface area contributed by atoms with Gasteiger partial charge in [0.15, 0.2) is 0 Å². The lowest BCUT2D eigenvalue weighted by Crippen LogP contribution is -2.23. The molecule has 1 aliphatic rings. The van der Waals surface area contributed by atoms with E-state index < -0.39 is 11.7 Å². The molecule has 4 rings (SSSR count). The lowest BCUT2D eigenvalue weighted by atomic mass is 10.1. The smallest absolute Gasteiger partial charge is 0.380 e. The van der Waals surface area contributed by atoms with E-state index >= 15 is 0 Å². The van der Waals surface area contributed by atoms with E-state index in [1.54, 1.807) is 13.2 Å². The summed E-state index contributed by atoms with van der Waals surface area (Å²) in [5, 5.41) is 13.7. The summed E-state index contributed by atoms with van der Waals surface area (Å²) in [7, 11) is 1.66. The minimum atomic E-state index is -4.39. The fourth-order valence-corrected chi connectivity index (χ4v) is 3.06. The summed E-state index contributed by atoms with van der Waals surface area (Å²) in [5.41, 5.74) is 0.287. The molecule has 146 valence electrons. The molecule has 2 aromatic heterocycles. The number of benzene rings is 1. The molecule has 3 heterocycles. The van der Waals surface area contributed by atoms with Crippen LogP contribution >= 0.6 is 0 Å². The number of aromatic nitrogens is 6. The standard InChI is InChI=1S/C17H16F3N7O/c1-28-12-6-7-27(9-12)14-8-13(21-15(22-14)16-23-25-26-24-16)10-2-4-11(5-3-10)17(18,19)20/h2-5,8,12H,6-7,9H2,1H3,(H,23,24,25,26)/t12-/m0/s1. The Kier molecular flexibility index (Phi) is 4.67. The van der Waals surface area contributed by atoms with Gasteiger partial charge in [-0.3, -0.25) is 0 Å². The average Bonchev–Trinajstić information content (AvgIpc) is 3.39. The van der Waals surface area contributed by atoms with Crippen LogP contribution in [0, 0.1) is 0 Å². The van der Waals surface area contributed by atoms with Crippen LogP contribution in [0.25, 0.3) is 22.9 Å². The predicted molar refractivity (Wildman–Crippen MR) is 93.3 cm³/mol. The number of halogens is 3. The molecule has 8 nitrogen and oxygen atoms in total. The monoisotopic (exact) mass is 391 g/mol. The molecule has 0 bridgehead atoms. The first-order valence-electron chi connectivity index (χ1n) is 8.52. The number of tetrazole rings is 1. The van der Waals surface area contributed by atoms with E-state index in [1.807, 2.05) is 4.90 Å². The molecule has 0 unspecified atom stereocenters. The number of ether oxygens (including phenoxy) is 1. The van der Waals surface area contributed by atoms with Gasteiger partial charge in [-0.25, -0.2) is 9.97 Å². The first kappa shape index (κ1) is 18.3. The number of hydrogen-bond acceptors (Lipinski definition) is 7. The molecular formula is C17H16F3N7O. The number of rotatable bonds is 4. The largest absolute Gasteiger partial charge is 0.416 e. The van der Waals surface area contributed by atoms with Crippen LogP contribution in [0.5, 0.6) is 0 Å². The number of alkyl halides is 3. The van der Waals surface area contributed by atoms with Gasteiger partial charge in [0.2, 0.25) is 11.6 Å². The summed E-state index contributed by atoms with van der Waals surface area (Å²) >= 11 is 0. The Morgan fingerprint density at radius 3 is 2.54 bits per heavy atom. The summed E-state index contributed by atoms with van der Waals surface area (Å²) in [6, 6.07) is 6.57. The number of methoxy groups -OCH3 is 1. The van der Waals surface area contributed by atoms with Gasteiger partial charge < -0.3 is 9.64 Å². The normalized spacial score (nSPS) is 17.3. The molecule has 11 heteroatoms. The molecule has 0 amide bonds. The van der Waals surface area contributed by atoms with Gasteiger partial charge in [0.1, 0.15) is 5.82 Å². The zero-order chi connectivity index (χ0) is 19.7. The van der Waals surface area contributed by atoms with E-state index in [9.17, 15) is 13.2 Å². The van der Waals surface area contributed by atoms with Crippen molar-refractivity contribution >= 4 is 5.82 Å². The highest BCUT2D eigenvalue weighted by atomic mass is 19.4. The lowest BCUT2D eigenvalue weighted by molar-refractivity contribution is -0.137. The summed E-state index contributed by atoms with van der Waals surface area (Å²) in [6.45, 7) is 1.40. The van der Waals surface area contributed by atoms with Crippen molar-refractivity contribution in [3.05, 3.63) is 35.9 Å². The minimum absolute atomic E-state index is 0.0955. The van der Waals surface area contributed by atoms with Gasteiger partial charge in [0.05, 0.1) is 17.4 Å². The number of H-pyrrole nitrogens is 1. The topological polar surface area (TPSA) is 92.7 Å². The maximum Gasteiger partial charge on any atom is 0.416 e. The van der Waals surface area contributed by atoms with Crippen LogP contribution in [0.15, 0.2) is 30.3 Å². The second kappa shape index (κ2) is 7.15. The molecule has 1 atom stereocenters. The summed E-state index contributed by atoms with van der Waals surface area (Å²) in [5.74, 6) is 1.07. The average molecular weight is 391 g/mol. The number of anilines is 1. The molecule has 1 saturated heterocycles. The van der Waals surface area contributed by atoms with E-state index in [0.717, 1.165) is 25.1 Å². The number of aromatic amines is 1. The molecule has 0 radical (unpaired) electrons. The van der Waals surface area contributed by atoms with Gasteiger partial charge in [-0.2, -0.15) is 18.4 Å². The predicted octanol–water partition coefficient (Wildman–Crippen LogP) is 2.57. The van der Waals surface area contributed by atoms with Crippen LogP contribution in [0.2, 0.25) is 0 Å². The van der Waals surface area contributed by atoms with Crippen molar-refractivity contribution in [1.82, 2.24) is 30.6 Å². The fourth-order valence-electron chi connectivity index (χ4n) is 3.06. The Morgan fingerprint density at radius 1 is 1.14 bits per heavy atom. The van der Waals surface area contributed by atoms with Crippen LogP contribution < -0.4 is 4.90 Å². The molecule has 0 aliphatic carbocycles. The molecule has 1 fully saturated rings. The third-order valence-electron chi connectivity index (χ3n) is 4.57. The quantitative estimate of drug-likeness (QED) is 0.731. The minimum Gasteiger partial charge on any atom is -0.380 e. The molecule has 1 aromatic carbocycles. The molecular weight excluding hydrogens is 375 g/mol. The highest BCUT2D eigenvalue weighted by molar-refractivity contribution is 5.66. The molecule has 0 saturated carbocycles. The van der Waals surface area contributed by atoms with Gasteiger partial charge in [-0.05, 0) is 23.8 Å². The van der Waals surface area contributed by atoms with Crippen molar-refractivity contribution in [2.75, 3.05) is 25.1 Å². The highest BCUT2D eigenvalue weighted by Gasteiger charge is 2.30. The zero-order valence-corrected chi connectivity index (χ0v) is 14.8. The molecule has 1 N–H and O–H groups in total. The maximum absolute atomic E-state index is 12.8. The Morgan fingerprint density at radius 2 is 1.93 bits per heavy atom. The van der Waals surface area contributed by atoms with Gasteiger partial charge in [0.25, 0.3) is 0 Å². The number of nitrogens with one attached hydrogen (secondary N) is 1. The van der Waals surface area contributed by atoms with Gasteiger partial charge in [-0.15, -0.1) is 10.2 Å². The molecule has 1 aliphatic heterocycles. The summed E-state index contributed by atoms with van der Waals surface area (Å²) in [4.78, 5) is 11.0. The first-order valence-corrected chi connectivity index (χ1v) is 8.52. The lowest BCUT2D eigenvalue weighted by Gasteiger charge is -2.18. The molecule has 3 aromatic rings. The van der Waals surface area contributed by atoms with Gasteiger partial charge in [-0.1, -0.05) is 12.1 Å². The van der Waals surface area contributed by atoms with Gasteiger partial charge >= 0.3 is 6.18 Å². The summed E-state index contributed by atoms with van der Waals surface area (Å²) < 4.78 is 43.9. The van der Waals surface area contributed by atoms with E-state index in [1.165, 1.54) is 12.1 Å². The van der Waals surface area contributed by atoms with Gasteiger partial charge in [0, 0.05) is 31.8 Å². The Hall–Kier alpha value is -3.08. The van der Waals surface area contributed by atoms with Crippen LogP contribution in [0.4, 0.5) is 19.0 Å². The number of hydrogen-bond donors (Lipinski definition) is 1. The summed E-state index contributed by atoms with van der Waals surface area (Å²) in [6.07, 6.45) is -3.44. The van der Waals surface area contributed by atoms with E-state index in [0.29, 0.717) is 23.6 Å². The zero-order valence-electron chi connectivity index (χ0n) is 14.8. The second-order valence-corrected chi connectivity index (χ2v) is 6.34. The van der Waals surface area contributed by atoms with Crippen molar-refractivity contribution in [2.24, 2.45) is 0 Å². The van der Waals surface area contributed by atoms with E-state index in [2.05, 4.69) is 30.6 Å². The van der Waals surface area contributed by atoms with Crippen LogP contribution in [-0.2, 0) is 10.9 Å². The Balaban J connectivity index is 1.74. The Bertz CT molecular complexity index is 944. The Labute approximate surface area is 157 Å². The van der Waals surface area contributed by atoms with Crippen molar-refractivity contribution in [3.63, 3.8) is 0 Å². The molecule has 0 spiro atoms. The van der Waals surface area contributed by atoms with Crippen molar-refractivity contribution in [3.8, 4) is 22.9 Å². The third kappa shape index (κ3) is 3.65. The second-order valence-electron chi connectivity index (χ2n) is 6.34. The SMILES string of the molecule is CO[C@H]1CCN(c2cc(-c3ccc(C(F)(F)F)cc3)nc(-c3nn[nH]n3)n2)C1. The third-order valence-corrected chi connectivity index (χ3v) is 4.57. The highest BCUT2D eigenvalue weighted by Crippen LogP contribution is 2.32. The van der Waals surface area contributed by atoms with E-state index in [-0.39, 0.29) is 17.8 Å². The fraction of sp³-hybridized carbons (Fsp3) is 0.353. The van der Waals surface area contributed by atoms with E-state index in [4.69, 9.17) is 4.74 Å². The van der Waals surface area contributed by atoms with Crippen molar-refractivity contribution in [2.45, 2.75) is 18.7 Å². The van der Waals surface area contributed by atoms with Crippen molar-refractivity contribution < 1.29 is 17.9 Å².